The van der Waals surface area contributed by atoms with Crippen molar-refractivity contribution < 1.29 is 14.0 Å². The number of aromatic nitrogens is 4. The van der Waals surface area contributed by atoms with Crippen molar-refractivity contribution in [3.63, 3.8) is 0 Å². The SMILES string of the molecule is CC1C(=O)N(Cc2nnn(C)n2)C(=O)N1c1ccc(F)cc1. The standard InChI is InChI=1S/C13H13FN6O2/c1-8-12(21)19(7-11-15-17-18(2)16-11)13(22)20(8)10-5-3-9(14)4-6-10/h3-6,8H,7H2,1-2H3. The molecule has 0 bridgehead atoms. The number of carbonyl (C=O) groups excluding carboxylic acids is 2. The van der Waals surface area contributed by atoms with Crippen LogP contribution < -0.4 is 4.90 Å². The Hall–Kier alpha value is -2.84. The van der Waals surface area contributed by atoms with E-state index in [2.05, 4.69) is 15.4 Å². The van der Waals surface area contributed by atoms with Gasteiger partial charge in [-0.2, -0.15) is 4.80 Å². The van der Waals surface area contributed by atoms with Gasteiger partial charge in [-0.25, -0.2) is 9.18 Å². The van der Waals surface area contributed by atoms with Crippen molar-refractivity contribution in [1.82, 2.24) is 25.1 Å². The molecule has 0 N–H and O–H groups in total. The van der Waals surface area contributed by atoms with Crippen LogP contribution in [0.1, 0.15) is 12.7 Å². The summed E-state index contributed by atoms with van der Waals surface area (Å²) in [5, 5.41) is 11.4. The third kappa shape index (κ3) is 2.30. The maximum absolute atomic E-state index is 13.0. The van der Waals surface area contributed by atoms with Crippen LogP contribution in [0.4, 0.5) is 14.9 Å². The van der Waals surface area contributed by atoms with Gasteiger partial charge in [0, 0.05) is 5.69 Å². The Morgan fingerprint density at radius 1 is 1.23 bits per heavy atom. The van der Waals surface area contributed by atoms with E-state index in [0.29, 0.717) is 5.69 Å². The highest BCUT2D eigenvalue weighted by atomic mass is 19.1. The molecule has 114 valence electrons. The van der Waals surface area contributed by atoms with Gasteiger partial charge in [0.15, 0.2) is 5.82 Å². The molecular weight excluding hydrogens is 291 g/mol. The minimum Gasteiger partial charge on any atom is -0.282 e. The fraction of sp³-hybridized carbons (Fsp3) is 0.308. The van der Waals surface area contributed by atoms with E-state index >= 15 is 0 Å². The predicted octanol–water partition coefficient (Wildman–Crippen LogP) is 0.706. The number of urea groups is 1. The first kappa shape index (κ1) is 14.1. The molecule has 1 saturated heterocycles. The second-order valence-corrected chi connectivity index (χ2v) is 4.92. The molecule has 1 unspecified atom stereocenters. The molecule has 3 rings (SSSR count). The third-order valence-electron chi connectivity index (χ3n) is 3.40. The number of benzene rings is 1. The topological polar surface area (TPSA) is 84.2 Å². The summed E-state index contributed by atoms with van der Waals surface area (Å²) in [4.78, 5) is 28.4. The third-order valence-corrected chi connectivity index (χ3v) is 3.40. The van der Waals surface area contributed by atoms with Gasteiger partial charge >= 0.3 is 6.03 Å². The molecule has 2 heterocycles. The Bertz CT molecular complexity index is 728. The Balaban J connectivity index is 1.87. The number of carbonyl (C=O) groups is 2. The predicted molar refractivity (Wildman–Crippen MR) is 73.1 cm³/mol. The lowest BCUT2D eigenvalue weighted by atomic mass is 10.2. The maximum Gasteiger partial charge on any atom is 0.332 e. The fourth-order valence-electron chi connectivity index (χ4n) is 2.34. The Morgan fingerprint density at radius 3 is 2.50 bits per heavy atom. The zero-order valence-corrected chi connectivity index (χ0v) is 12.0. The number of imide groups is 1. The lowest BCUT2D eigenvalue weighted by molar-refractivity contribution is -0.127. The molecule has 1 atom stereocenters. The van der Waals surface area contributed by atoms with E-state index < -0.39 is 17.9 Å². The summed E-state index contributed by atoms with van der Waals surface area (Å²) in [5.41, 5.74) is 0.460. The average molecular weight is 304 g/mol. The van der Waals surface area contributed by atoms with Gasteiger partial charge < -0.3 is 0 Å². The second-order valence-electron chi connectivity index (χ2n) is 4.92. The molecule has 9 heteroatoms. The first-order valence-electron chi connectivity index (χ1n) is 6.60. The monoisotopic (exact) mass is 304 g/mol. The highest BCUT2D eigenvalue weighted by Gasteiger charge is 2.43. The van der Waals surface area contributed by atoms with E-state index in [-0.39, 0.29) is 18.3 Å². The second kappa shape index (κ2) is 5.17. The summed E-state index contributed by atoms with van der Waals surface area (Å²) in [6.07, 6.45) is 0. The normalized spacial score (nSPS) is 18.4. The highest BCUT2D eigenvalue weighted by Crippen LogP contribution is 2.26. The van der Waals surface area contributed by atoms with Crippen molar-refractivity contribution in [3.8, 4) is 0 Å². The van der Waals surface area contributed by atoms with E-state index in [4.69, 9.17) is 0 Å². The van der Waals surface area contributed by atoms with Crippen LogP contribution in [0.3, 0.4) is 0 Å². The number of hydrogen-bond acceptors (Lipinski definition) is 5. The van der Waals surface area contributed by atoms with Gasteiger partial charge in [0.2, 0.25) is 0 Å². The Labute approximate surface area is 125 Å². The van der Waals surface area contributed by atoms with Crippen LogP contribution in [0.5, 0.6) is 0 Å². The van der Waals surface area contributed by atoms with Crippen molar-refractivity contribution >= 4 is 17.6 Å². The first-order valence-corrected chi connectivity index (χ1v) is 6.60. The molecule has 0 saturated carbocycles. The number of amides is 3. The van der Waals surface area contributed by atoms with Crippen LogP contribution in [0.2, 0.25) is 0 Å². The number of nitrogens with zero attached hydrogens (tertiary/aromatic N) is 6. The summed E-state index contributed by atoms with van der Waals surface area (Å²) in [6, 6.07) is 4.24. The lowest BCUT2D eigenvalue weighted by Crippen LogP contribution is -2.33. The van der Waals surface area contributed by atoms with Crippen LogP contribution in [-0.4, -0.2) is 43.1 Å². The van der Waals surface area contributed by atoms with E-state index in [9.17, 15) is 14.0 Å². The fourth-order valence-corrected chi connectivity index (χ4v) is 2.34. The van der Waals surface area contributed by atoms with Gasteiger partial charge in [0.05, 0.1) is 13.6 Å². The molecule has 0 spiro atoms. The summed E-state index contributed by atoms with van der Waals surface area (Å²) in [6.45, 7) is 1.57. The molecule has 0 aliphatic carbocycles. The Morgan fingerprint density at radius 2 is 1.91 bits per heavy atom. The number of aryl methyl sites for hydroxylation is 1. The molecule has 1 fully saturated rings. The van der Waals surface area contributed by atoms with Gasteiger partial charge in [-0.1, -0.05) is 0 Å². The van der Waals surface area contributed by atoms with E-state index in [0.717, 1.165) is 4.90 Å². The number of anilines is 1. The van der Waals surface area contributed by atoms with Crippen molar-refractivity contribution in [3.05, 3.63) is 35.9 Å². The van der Waals surface area contributed by atoms with E-state index in [1.54, 1.807) is 14.0 Å². The molecule has 1 aliphatic heterocycles. The largest absolute Gasteiger partial charge is 0.332 e. The van der Waals surface area contributed by atoms with E-state index in [1.165, 1.54) is 34.0 Å². The summed E-state index contributed by atoms with van der Waals surface area (Å²) in [5.74, 6) is -0.492. The summed E-state index contributed by atoms with van der Waals surface area (Å²) >= 11 is 0. The quantitative estimate of drug-likeness (QED) is 0.780. The van der Waals surface area contributed by atoms with Crippen molar-refractivity contribution in [2.75, 3.05) is 4.90 Å². The van der Waals surface area contributed by atoms with Gasteiger partial charge in [-0.15, -0.1) is 10.2 Å². The van der Waals surface area contributed by atoms with Crippen molar-refractivity contribution in [2.45, 2.75) is 19.5 Å². The first-order chi connectivity index (χ1) is 10.5. The maximum atomic E-state index is 13.0. The van der Waals surface area contributed by atoms with E-state index in [1.807, 2.05) is 0 Å². The van der Waals surface area contributed by atoms with Crippen LogP contribution >= 0.6 is 0 Å². The number of halogens is 1. The number of rotatable bonds is 3. The molecular formula is C13H13FN6O2. The summed E-state index contributed by atoms with van der Waals surface area (Å²) < 4.78 is 13.0. The molecule has 3 amide bonds. The van der Waals surface area contributed by atoms with Gasteiger partial charge in [-0.05, 0) is 36.4 Å². The molecule has 22 heavy (non-hydrogen) atoms. The van der Waals surface area contributed by atoms with Gasteiger partial charge in [0.25, 0.3) is 5.91 Å². The van der Waals surface area contributed by atoms with Crippen molar-refractivity contribution in [2.24, 2.45) is 7.05 Å². The number of hydrogen-bond donors (Lipinski definition) is 0. The minimum absolute atomic E-state index is 0.0481. The molecule has 0 radical (unpaired) electrons. The lowest BCUT2D eigenvalue weighted by Gasteiger charge is -2.19. The molecule has 1 aromatic carbocycles. The highest BCUT2D eigenvalue weighted by molar-refractivity contribution is 6.13. The smallest absolute Gasteiger partial charge is 0.282 e. The number of tetrazole rings is 1. The molecule has 2 aromatic rings. The molecule has 1 aliphatic rings. The van der Waals surface area contributed by atoms with Crippen LogP contribution in [0.15, 0.2) is 24.3 Å². The average Bonchev–Trinajstić information content (AvgIpc) is 2.98. The zero-order valence-electron chi connectivity index (χ0n) is 12.0. The molecule has 8 nitrogen and oxygen atoms in total. The van der Waals surface area contributed by atoms with Gasteiger partial charge in [-0.3, -0.25) is 14.6 Å². The van der Waals surface area contributed by atoms with Crippen LogP contribution in [0.25, 0.3) is 0 Å². The minimum atomic E-state index is -0.672. The summed E-state index contributed by atoms with van der Waals surface area (Å²) in [7, 11) is 1.59. The van der Waals surface area contributed by atoms with Crippen LogP contribution in [-0.2, 0) is 18.4 Å². The van der Waals surface area contributed by atoms with Crippen molar-refractivity contribution in [1.29, 1.82) is 0 Å². The zero-order chi connectivity index (χ0) is 15.9. The van der Waals surface area contributed by atoms with Crippen LogP contribution in [0, 0.1) is 5.82 Å². The Kier molecular flexibility index (Phi) is 3.32. The molecule has 1 aromatic heterocycles. The van der Waals surface area contributed by atoms with Gasteiger partial charge in [0.1, 0.15) is 11.9 Å².